The summed E-state index contributed by atoms with van der Waals surface area (Å²) < 4.78 is 34.2. The molecule has 140 valence electrons. The van der Waals surface area contributed by atoms with Gasteiger partial charge in [-0.2, -0.15) is 0 Å². The zero-order chi connectivity index (χ0) is 20.1. The Morgan fingerprint density at radius 3 is 2.29 bits per heavy atom. The molecule has 0 amide bonds. The zero-order valence-corrected chi connectivity index (χ0v) is 15.3. The van der Waals surface area contributed by atoms with Crippen LogP contribution in [0.15, 0.2) is 60.7 Å². The summed E-state index contributed by atoms with van der Waals surface area (Å²) in [6.07, 6.45) is 6.55. The highest BCUT2D eigenvalue weighted by Crippen LogP contribution is 2.27. The van der Waals surface area contributed by atoms with Gasteiger partial charge in [0.05, 0.1) is 5.56 Å². The van der Waals surface area contributed by atoms with E-state index in [1.165, 1.54) is 12.1 Å². The van der Waals surface area contributed by atoms with Crippen molar-refractivity contribution in [3.63, 3.8) is 0 Å². The molecule has 0 aliphatic heterocycles. The molecule has 0 aromatic heterocycles. The number of aryl methyl sites for hydroxylation is 2. The van der Waals surface area contributed by atoms with Crippen LogP contribution in [0.4, 0.5) is 8.78 Å². The number of terminal acetylenes is 1. The minimum absolute atomic E-state index is 0.0897. The third-order valence-corrected chi connectivity index (χ3v) is 4.36. The first-order chi connectivity index (χ1) is 13.5. The Morgan fingerprint density at radius 2 is 1.64 bits per heavy atom. The Hall–Kier alpha value is -3.45. The molecule has 0 atom stereocenters. The quantitative estimate of drug-likeness (QED) is 0.323. The van der Waals surface area contributed by atoms with Gasteiger partial charge in [0.1, 0.15) is 5.75 Å². The SMILES string of the molecule is C#CCCc1ccc(OC(=O)c2ccc(-c3ccc(C)cc3)c(F)c2F)cc1. The number of ether oxygens (including phenoxy) is 1. The van der Waals surface area contributed by atoms with Gasteiger partial charge in [-0.1, -0.05) is 48.0 Å². The first kappa shape index (κ1) is 19.3. The van der Waals surface area contributed by atoms with Crippen molar-refractivity contribution in [1.29, 1.82) is 0 Å². The molecule has 0 aliphatic rings. The van der Waals surface area contributed by atoms with E-state index < -0.39 is 23.2 Å². The second-order valence-electron chi connectivity index (χ2n) is 6.39. The number of hydrogen-bond acceptors (Lipinski definition) is 2. The van der Waals surface area contributed by atoms with Crippen LogP contribution in [0.3, 0.4) is 0 Å². The Labute approximate surface area is 162 Å². The van der Waals surface area contributed by atoms with Crippen LogP contribution in [-0.4, -0.2) is 5.97 Å². The van der Waals surface area contributed by atoms with Crippen LogP contribution >= 0.6 is 0 Å². The van der Waals surface area contributed by atoms with Crippen molar-refractivity contribution in [3.05, 3.63) is 89.0 Å². The predicted molar refractivity (Wildman–Crippen MR) is 105 cm³/mol. The lowest BCUT2D eigenvalue weighted by molar-refractivity contribution is 0.0728. The summed E-state index contributed by atoms with van der Waals surface area (Å²) in [4.78, 5) is 12.3. The zero-order valence-electron chi connectivity index (χ0n) is 15.3. The number of esters is 1. The van der Waals surface area contributed by atoms with E-state index >= 15 is 0 Å². The summed E-state index contributed by atoms with van der Waals surface area (Å²) in [6.45, 7) is 1.90. The van der Waals surface area contributed by atoms with E-state index in [9.17, 15) is 13.6 Å². The highest BCUT2D eigenvalue weighted by Gasteiger charge is 2.21. The Morgan fingerprint density at radius 1 is 0.964 bits per heavy atom. The lowest BCUT2D eigenvalue weighted by Gasteiger charge is -2.09. The molecular formula is C24H18F2O2. The van der Waals surface area contributed by atoms with Crippen molar-refractivity contribution in [3.8, 4) is 29.2 Å². The summed E-state index contributed by atoms with van der Waals surface area (Å²) in [5.41, 5.74) is 2.17. The fourth-order valence-corrected chi connectivity index (χ4v) is 2.77. The highest BCUT2D eigenvalue weighted by molar-refractivity contribution is 5.92. The van der Waals surface area contributed by atoms with Crippen LogP contribution in [-0.2, 0) is 6.42 Å². The van der Waals surface area contributed by atoms with E-state index in [0.29, 0.717) is 18.4 Å². The third-order valence-electron chi connectivity index (χ3n) is 4.36. The molecule has 0 radical (unpaired) electrons. The molecule has 2 nitrogen and oxygen atoms in total. The van der Waals surface area contributed by atoms with Gasteiger partial charge in [0.25, 0.3) is 0 Å². The summed E-state index contributed by atoms with van der Waals surface area (Å²) in [6, 6.07) is 16.4. The summed E-state index contributed by atoms with van der Waals surface area (Å²) >= 11 is 0. The van der Waals surface area contributed by atoms with E-state index in [2.05, 4.69) is 5.92 Å². The highest BCUT2D eigenvalue weighted by atomic mass is 19.2. The van der Waals surface area contributed by atoms with Gasteiger partial charge >= 0.3 is 5.97 Å². The van der Waals surface area contributed by atoms with E-state index in [-0.39, 0.29) is 11.3 Å². The van der Waals surface area contributed by atoms with Crippen molar-refractivity contribution in [2.45, 2.75) is 19.8 Å². The van der Waals surface area contributed by atoms with E-state index in [1.54, 1.807) is 36.4 Å². The molecule has 0 spiro atoms. The van der Waals surface area contributed by atoms with Gasteiger partial charge in [-0.3, -0.25) is 0 Å². The molecule has 3 aromatic carbocycles. The molecule has 0 N–H and O–H groups in total. The van der Waals surface area contributed by atoms with Crippen LogP contribution in [0, 0.1) is 30.9 Å². The standard InChI is InChI=1S/C24H18F2O2/c1-3-4-5-17-8-12-19(13-9-17)28-24(27)21-15-14-20(22(25)23(21)26)18-10-6-16(2)7-11-18/h1,6-15H,4-5H2,2H3. The maximum Gasteiger partial charge on any atom is 0.346 e. The average molecular weight is 376 g/mol. The Kier molecular flexibility index (Phi) is 5.86. The van der Waals surface area contributed by atoms with Crippen molar-refractivity contribution in [2.75, 3.05) is 0 Å². The van der Waals surface area contributed by atoms with Crippen LogP contribution in [0.2, 0.25) is 0 Å². The van der Waals surface area contributed by atoms with E-state index in [4.69, 9.17) is 11.2 Å². The van der Waals surface area contributed by atoms with Gasteiger partial charge in [-0.25, -0.2) is 13.6 Å². The number of carbonyl (C=O) groups excluding carboxylic acids is 1. The molecule has 0 fully saturated rings. The fraction of sp³-hybridized carbons (Fsp3) is 0.125. The molecule has 0 heterocycles. The number of carbonyl (C=O) groups is 1. The molecule has 28 heavy (non-hydrogen) atoms. The van der Waals surface area contributed by atoms with Gasteiger partial charge in [0.2, 0.25) is 0 Å². The van der Waals surface area contributed by atoms with Gasteiger partial charge in [-0.05, 0) is 42.7 Å². The van der Waals surface area contributed by atoms with E-state index in [0.717, 1.165) is 11.1 Å². The number of hydrogen-bond donors (Lipinski definition) is 0. The summed E-state index contributed by atoms with van der Waals surface area (Å²) in [5, 5.41) is 0. The average Bonchev–Trinajstić information content (AvgIpc) is 2.70. The Balaban J connectivity index is 1.79. The van der Waals surface area contributed by atoms with Crippen LogP contribution < -0.4 is 4.74 Å². The van der Waals surface area contributed by atoms with Crippen LogP contribution in [0.25, 0.3) is 11.1 Å². The maximum absolute atomic E-state index is 14.5. The maximum atomic E-state index is 14.5. The monoisotopic (exact) mass is 376 g/mol. The number of benzene rings is 3. The predicted octanol–water partition coefficient (Wildman–Crippen LogP) is 5.73. The number of rotatable bonds is 5. The van der Waals surface area contributed by atoms with Crippen LogP contribution in [0.5, 0.6) is 5.75 Å². The van der Waals surface area contributed by atoms with Gasteiger partial charge in [0.15, 0.2) is 11.6 Å². The normalized spacial score (nSPS) is 10.4. The Bertz CT molecular complexity index is 1030. The largest absolute Gasteiger partial charge is 0.423 e. The molecule has 0 unspecified atom stereocenters. The minimum atomic E-state index is -1.23. The number of halogens is 2. The van der Waals surface area contributed by atoms with Crippen molar-refractivity contribution in [1.82, 2.24) is 0 Å². The molecule has 0 bridgehead atoms. The van der Waals surface area contributed by atoms with Crippen molar-refractivity contribution in [2.24, 2.45) is 0 Å². The van der Waals surface area contributed by atoms with Crippen molar-refractivity contribution >= 4 is 5.97 Å². The fourth-order valence-electron chi connectivity index (χ4n) is 2.77. The van der Waals surface area contributed by atoms with Gasteiger partial charge < -0.3 is 4.74 Å². The topological polar surface area (TPSA) is 26.3 Å². The van der Waals surface area contributed by atoms with E-state index in [1.807, 2.05) is 19.1 Å². The van der Waals surface area contributed by atoms with Crippen LogP contribution in [0.1, 0.15) is 27.9 Å². The first-order valence-electron chi connectivity index (χ1n) is 8.79. The summed E-state index contributed by atoms with van der Waals surface area (Å²) in [7, 11) is 0. The molecule has 4 heteroatoms. The molecule has 0 saturated heterocycles. The summed E-state index contributed by atoms with van der Waals surface area (Å²) in [5.74, 6) is -0.464. The lowest BCUT2D eigenvalue weighted by Crippen LogP contribution is -2.12. The van der Waals surface area contributed by atoms with Crippen molar-refractivity contribution < 1.29 is 18.3 Å². The first-order valence-corrected chi connectivity index (χ1v) is 8.79. The smallest absolute Gasteiger partial charge is 0.346 e. The molecule has 3 aromatic rings. The molecule has 0 saturated carbocycles. The second-order valence-corrected chi connectivity index (χ2v) is 6.39. The molecule has 0 aliphatic carbocycles. The molecular weight excluding hydrogens is 358 g/mol. The lowest BCUT2D eigenvalue weighted by atomic mass is 10.0. The molecule has 3 rings (SSSR count). The minimum Gasteiger partial charge on any atom is -0.423 e. The third kappa shape index (κ3) is 4.27. The van der Waals surface area contributed by atoms with Gasteiger partial charge in [-0.15, -0.1) is 12.3 Å². The van der Waals surface area contributed by atoms with Gasteiger partial charge in [0, 0.05) is 12.0 Å². The second kappa shape index (κ2) is 8.49.